The molecule has 0 radical (unpaired) electrons. The summed E-state index contributed by atoms with van der Waals surface area (Å²) in [5, 5.41) is 5.96. The quantitative estimate of drug-likeness (QED) is 0.746. The molecule has 0 amide bonds. The van der Waals surface area contributed by atoms with Crippen LogP contribution in [0.3, 0.4) is 0 Å². The Balaban J connectivity index is 2.61. The molecule has 0 fully saturated rings. The monoisotopic (exact) mass is 270 g/mol. The molecule has 0 atom stereocenters. The van der Waals surface area contributed by atoms with E-state index in [2.05, 4.69) is 10.2 Å². The van der Waals surface area contributed by atoms with Gasteiger partial charge in [0.15, 0.2) is 11.5 Å². The van der Waals surface area contributed by atoms with Crippen molar-refractivity contribution >= 4 is 0 Å². The first-order valence-corrected chi connectivity index (χ1v) is 4.44. The van der Waals surface area contributed by atoms with E-state index in [0.29, 0.717) is 4.68 Å². The minimum atomic E-state index is -5.06. The fourth-order valence-corrected chi connectivity index (χ4v) is 1.26. The summed E-state index contributed by atoms with van der Waals surface area (Å²) in [6, 6.07) is 1.56. The Morgan fingerprint density at radius 1 is 1.06 bits per heavy atom. The van der Waals surface area contributed by atoms with Crippen LogP contribution in [0.1, 0.15) is 5.69 Å². The average Bonchev–Trinajstić information content (AvgIpc) is 2.84. The van der Waals surface area contributed by atoms with Crippen molar-refractivity contribution in [3.8, 4) is 5.82 Å². The Kier molecular flexibility index (Phi) is 2.60. The van der Waals surface area contributed by atoms with Crippen molar-refractivity contribution in [2.45, 2.75) is 12.5 Å². The normalized spacial score (nSPS) is 13.0. The second-order valence-electron chi connectivity index (χ2n) is 3.22. The van der Waals surface area contributed by atoms with Gasteiger partial charge in [-0.1, -0.05) is 0 Å². The largest absolute Gasteiger partial charge is 0.506 e. The average molecular weight is 270 g/mol. The van der Waals surface area contributed by atoms with Gasteiger partial charge in [-0.25, -0.2) is 4.68 Å². The zero-order chi connectivity index (χ0) is 13.6. The van der Waals surface area contributed by atoms with Crippen molar-refractivity contribution in [1.82, 2.24) is 19.6 Å². The van der Waals surface area contributed by atoms with Gasteiger partial charge >= 0.3 is 12.5 Å². The fraction of sp³-hybridized carbons (Fsp3) is 0.250. The second-order valence-corrected chi connectivity index (χ2v) is 3.22. The van der Waals surface area contributed by atoms with Crippen molar-refractivity contribution in [3.63, 3.8) is 0 Å². The van der Waals surface area contributed by atoms with Gasteiger partial charge in [-0.2, -0.15) is 28.1 Å². The van der Waals surface area contributed by atoms with Gasteiger partial charge in [-0.3, -0.25) is 0 Å². The number of hydrogen-bond acceptors (Lipinski definition) is 2. The summed E-state index contributed by atoms with van der Waals surface area (Å²) < 4.78 is 74.6. The molecule has 0 unspecified atom stereocenters. The van der Waals surface area contributed by atoms with E-state index in [1.54, 1.807) is 0 Å². The predicted octanol–water partition coefficient (Wildman–Crippen LogP) is 2.56. The lowest BCUT2D eigenvalue weighted by atomic mass is 10.4. The number of alkyl halides is 6. The minimum Gasteiger partial charge on any atom is -0.223 e. The van der Waals surface area contributed by atoms with E-state index in [1.165, 1.54) is 6.07 Å². The molecule has 2 heterocycles. The van der Waals surface area contributed by atoms with Crippen molar-refractivity contribution < 1.29 is 26.3 Å². The molecular weight excluding hydrogens is 266 g/mol. The van der Waals surface area contributed by atoms with E-state index in [1.807, 2.05) is 0 Å². The van der Waals surface area contributed by atoms with Crippen LogP contribution in [0.25, 0.3) is 5.82 Å². The fourth-order valence-electron chi connectivity index (χ4n) is 1.26. The Hall–Kier alpha value is -2.00. The smallest absolute Gasteiger partial charge is 0.223 e. The molecule has 2 aromatic heterocycles. The Bertz CT molecular complexity index is 535. The lowest BCUT2D eigenvalue weighted by molar-refractivity contribution is -0.213. The topological polar surface area (TPSA) is 35.6 Å². The predicted molar refractivity (Wildman–Crippen MR) is 45.6 cm³/mol. The van der Waals surface area contributed by atoms with Crippen molar-refractivity contribution in [2.75, 3.05) is 0 Å². The van der Waals surface area contributed by atoms with E-state index in [0.717, 1.165) is 12.4 Å². The van der Waals surface area contributed by atoms with Gasteiger partial charge in [0, 0.05) is 18.5 Å². The lowest BCUT2D eigenvalue weighted by Gasteiger charge is -2.09. The highest BCUT2D eigenvalue weighted by molar-refractivity contribution is 5.26. The van der Waals surface area contributed by atoms with Crippen LogP contribution in [0.2, 0.25) is 0 Å². The first-order valence-electron chi connectivity index (χ1n) is 4.44. The summed E-state index contributed by atoms with van der Waals surface area (Å²) in [5.74, 6) is -0.833. The molecule has 4 nitrogen and oxygen atoms in total. The first kappa shape index (κ1) is 12.5. The second kappa shape index (κ2) is 3.75. The van der Waals surface area contributed by atoms with E-state index in [9.17, 15) is 26.3 Å². The van der Waals surface area contributed by atoms with Gasteiger partial charge in [0.05, 0.1) is 0 Å². The SMILES string of the molecule is FC(F)(F)c1cc(-n2cccn2)n(C(F)(F)F)n1. The van der Waals surface area contributed by atoms with E-state index in [-0.39, 0.29) is 6.07 Å². The van der Waals surface area contributed by atoms with E-state index < -0.39 is 28.7 Å². The maximum atomic E-state index is 12.5. The van der Waals surface area contributed by atoms with Gasteiger partial charge in [0.1, 0.15) is 0 Å². The molecule has 0 saturated heterocycles. The summed E-state index contributed by atoms with van der Waals surface area (Å²) in [6.07, 6.45) is -7.80. The molecule has 0 bridgehead atoms. The van der Waals surface area contributed by atoms with Crippen molar-refractivity contribution in [1.29, 1.82) is 0 Å². The molecule has 18 heavy (non-hydrogen) atoms. The maximum absolute atomic E-state index is 12.5. The number of rotatable bonds is 1. The Labute approximate surface area is 95.4 Å². The number of hydrogen-bond donors (Lipinski definition) is 0. The third-order valence-corrected chi connectivity index (χ3v) is 1.96. The van der Waals surface area contributed by atoms with E-state index >= 15 is 0 Å². The zero-order valence-electron chi connectivity index (χ0n) is 8.37. The van der Waals surface area contributed by atoms with Gasteiger partial charge in [0.2, 0.25) is 0 Å². The molecule has 2 aromatic rings. The third-order valence-electron chi connectivity index (χ3n) is 1.96. The zero-order valence-corrected chi connectivity index (χ0v) is 8.37. The van der Waals surface area contributed by atoms with E-state index in [4.69, 9.17) is 0 Å². The third kappa shape index (κ3) is 2.17. The van der Waals surface area contributed by atoms with Gasteiger partial charge < -0.3 is 0 Å². The Morgan fingerprint density at radius 2 is 1.72 bits per heavy atom. The van der Waals surface area contributed by atoms with Crippen LogP contribution in [0.15, 0.2) is 24.5 Å². The Morgan fingerprint density at radius 3 is 2.17 bits per heavy atom. The summed E-state index contributed by atoms with van der Waals surface area (Å²) >= 11 is 0. The number of halogens is 6. The van der Waals surface area contributed by atoms with Gasteiger partial charge in [0.25, 0.3) is 0 Å². The molecule has 0 saturated carbocycles. The van der Waals surface area contributed by atoms with Crippen LogP contribution in [0.5, 0.6) is 0 Å². The highest BCUT2D eigenvalue weighted by Gasteiger charge is 2.41. The number of nitrogens with zero attached hydrogens (tertiary/aromatic N) is 4. The molecule has 98 valence electrons. The molecule has 0 aliphatic rings. The molecule has 0 aliphatic carbocycles. The van der Waals surface area contributed by atoms with Crippen LogP contribution in [0, 0.1) is 0 Å². The summed E-state index contributed by atoms with van der Waals surface area (Å²) in [4.78, 5) is 0. The van der Waals surface area contributed by atoms with Crippen LogP contribution in [-0.4, -0.2) is 19.6 Å². The summed E-state index contributed by atoms with van der Waals surface area (Å²) in [7, 11) is 0. The van der Waals surface area contributed by atoms with Gasteiger partial charge in [-0.15, -0.1) is 13.2 Å². The highest BCUT2D eigenvalue weighted by Crippen LogP contribution is 2.33. The number of aromatic nitrogens is 4. The highest BCUT2D eigenvalue weighted by atomic mass is 19.4. The van der Waals surface area contributed by atoms with Crippen LogP contribution < -0.4 is 0 Å². The molecule has 0 spiro atoms. The minimum absolute atomic E-state index is 0.278. The first-order chi connectivity index (χ1) is 8.19. The molecule has 0 aromatic carbocycles. The standard InChI is InChI=1S/C8H4F6N4/c9-7(10,11)5-4-6(17-3-1-2-15-17)18(16-5)8(12,13)14/h1-4H. The molecule has 0 aliphatic heterocycles. The van der Waals surface area contributed by atoms with Crippen LogP contribution in [0.4, 0.5) is 26.3 Å². The van der Waals surface area contributed by atoms with Crippen LogP contribution >= 0.6 is 0 Å². The maximum Gasteiger partial charge on any atom is 0.506 e. The molecule has 0 N–H and O–H groups in total. The summed E-state index contributed by atoms with van der Waals surface area (Å²) in [6.45, 7) is 0. The molecule has 2 rings (SSSR count). The van der Waals surface area contributed by atoms with Gasteiger partial charge in [-0.05, 0) is 6.07 Å². The lowest BCUT2D eigenvalue weighted by Crippen LogP contribution is -2.22. The van der Waals surface area contributed by atoms with Crippen molar-refractivity contribution in [2.24, 2.45) is 0 Å². The summed E-state index contributed by atoms with van der Waals surface area (Å²) in [5.41, 5.74) is -1.63. The van der Waals surface area contributed by atoms with Crippen molar-refractivity contribution in [3.05, 3.63) is 30.2 Å². The van der Waals surface area contributed by atoms with Crippen LogP contribution in [-0.2, 0) is 12.5 Å². The molecular formula is C8H4F6N4. The molecule has 10 heteroatoms.